The van der Waals surface area contributed by atoms with E-state index in [0.717, 1.165) is 11.1 Å². The maximum absolute atomic E-state index is 14.6. The molecule has 152 valence electrons. The number of aryl methyl sites for hydroxylation is 1. The van der Waals surface area contributed by atoms with Crippen molar-refractivity contribution in [3.63, 3.8) is 0 Å². The monoisotopic (exact) mass is 398 g/mol. The number of fused-ring (bicyclic) bond motifs is 1. The van der Waals surface area contributed by atoms with Crippen molar-refractivity contribution in [3.05, 3.63) is 65.7 Å². The lowest BCUT2D eigenvalue weighted by atomic mass is 10.1. The van der Waals surface area contributed by atoms with Gasteiger partial charge in [0.2, 0.25) is 0 Å². The molecule has 0 saturated carbocycles. The number of carbonyl (C=O) groups excluding carboxylic acids is 2. The molecule has 1 aromatic heterocycles. The molecular formula is C21H23FN4O3. The van der Waals surface area contributed by atoms with Gasteiger partial charge in [0.15, 0.2) is 0 Å². The minimum Gasteiger partial charge on any atom is -0.395 e. The zero-order chi connectivity index (χ0) is 20.8. The van der Waals surface area contributed by atoms with Gasteiger partial charge in [-0.1, -0.05) is 36.4 Å². The summed E-state index contributed by atoms with van der Waals surface area (Å²) in [5, 5.41) is 17.1. The molecule has 7 nitrogen and oxygen atoms in total. The Hall–Kier alpha value is -3.26. The van der Waals surface area contributed by atoms with Crippen molar-refractivity contribution in [3.8, 4) is 0 Å². The van der Waals surface area contributed by atoms with Gasteiger partial charge < -0.3 is 15.3 Å². The average molecular weight is 398 g/mol. The summed E-state index contributed by atoms with van der Waals surface area (Å²) >= 11 is 0. The van der Waals surface area contributed by atoms with Crippen molar-refractivity contribution in [2.24, 2.45) is 0 Å². The number of halogens is 1. The van der Waals surface area contributed by atoms with Crippen molar-refractivity contribution >= 4 is 22.6 Å². The molecule has 0 saturated heterocycles. The lowest BCUT2D eigenvalue weighted by molar-refractivity contribution is -0.146. The van der Waals surface area contributed by atoms with Crippen LogP contribution < -0.4 is 5.32 Å². The van der Waals surface area contributed by atoms with Crippen LogP contribution >= 0.6 is 0 Å². The Morgan fingerprint density at radius 1 is 1.21 bits per heavy atom. The van der Waals surface area contributed by atoms with E-state index in [1.807, 2.05) is 13.0 Å². The minimum absolute atomic E-state index is 0.00544. The molecule has 2 aromatic carbocycles. The first-order valence-electron chi connectivity index (χ1n) is 9.40. The Kier molecular flexibility index (Phi) is 6.56. The summed E-state index contributed by atoms with van der Waals surface area (Å²) in [6.45, 7) is 2.30. The van der Waals surface area contributed by atoms with Crippen LogP contribution in [0.1, 0.15) is 18.2 Å². The molecule has 2 N–H and O–H groups in total. The summed E-state index contributed by atoms with van der Waals surface area (Å²) in [6.07, 6.45) is 1.61. The molecule has 0 atom stereocenters. The highest BCUT2D eigenvalue weighted by atomic mass is 19.1. The van der Waals surface area contributed by atoms with Gasteiger partial charge >= 0.3 is 11.8 Å². The number of aliphatic hydroxyl groups excluding tert-OH is 1. The molecule has 2 amide bonds. The van der Waals surface area contributed by atoms with E-state index >= 15 is 0 Å². The van der Waals surface area contributed by atoms with E-state index in [9.17, 15) is 19.1 Å². The second-order valence-electron chi connectivity index (χ2n) is 6.53. The summed E-state index contributed by atoms with van der Waals surface area (Å²) in [5.41, 5.74) is 1.05. The van der Waals surface area contributed by atoms with Crippen molar-refractivity contribution in [1.29, 1.82) is 0 Å². The third kappa shape index (κ3) is 4.60. The van der Waals surface area contributed by atoms with Gasteiger partial charge in [0.05, 0.1) is 18.8 Å². The number of benzene rings is 2. The number of aromatic nitrogens is 2. The molecule has 0 fully saturated rings. The van der Waals surface area contributed by atoms with E-state index in [2.05, 4.69) is 10.4 Å². The number of hydrogen-bond acceptors (Lipinski definition) is 4. The summed E-state index contributed by atoms with van der Waals surface area (Å²) in [7, 11) is 0. The average Bonchev–Trinajstić information content (AvgIpc) is 3.19. The van der Waals surface area contributed by atoms with Crippen molar-refractivity contribution in [1.82, 2.24) is 20.0 Å². The third-order valence-corrected chi connectivity index (χ3v) is 4.69. The van der Waals surface area contributed by atoms with Crippen LogP contribution in [0.4, 0.5) is 4.39 Å². The summed E-state index contributed by atoms with van der Waals surface area (Å²) in [4.78, 5) is 26.2. The topological polar surface area (TPSA) is 87.5 Å². The lowest BCUT2D eigenvalue weighted by Crippen LogP contribution is -2.44. The van der Waals surface area contributed by atoms with Crippen molar-refractivity contribution < 1.29 is 19.1 Å². The second-order valence-corrected chi connectivity index (χ2v) is 6.53. The molecule has 0 aliphatic heterocycles. The SMILES string of the molecule is CCn1nccc1CN(CCO)C(=O)C(=O)NCc1ccc2ccccc2c1F. The van der Waals surface area contributed by atoms with Gasteiger partial charge in [0.25, 0.3) is 0 Å². The second kappa shape index (κ2) is 9.29. The van der Waals surface area contributed by atoms with Crippen LogP contribution in [-0.2, 0) is 29.2 Å². The molecule has 1 heterocycles. The van der Waals surface area contributed by atoms with Gasteiger partial charge in [0, 0.05) is 36.8 Å². The van der Waals surface area contributed by atoms with Crippen LogP contribution in [0.5, 0.6) is 0 Å². The standard InChI is InChI=1S/C21H23FN4O3/c1-2-26-17(9-10-24-26)14-25(11-12-27)21(29)20(28)23-13-16-8-7-15-5-3-4-6-18(15)19(16)22/h3-10,27H,2,11-14H2,1H3,(H,23,28). The molecule has 8 heteroatoms. The molecule has 0 bridgehead atoms. The quantitative estimate of drug-likeness (QED) is 0.595. The van der Waals surface area contributed by atoms with Crippen LogP contribution in [0.15, 0.2) is 48.7 Å². The minimum atomic E-state index is -0.853. The van der Waals surface area contributed by atoms with E-state index in [-0.39, 0.29) is 26.2 Å². The smallest absolute Gasteiger partial charge is 0.312 e. The van der Waals surface area contributed by atoms with Crippen LogP contribution in [0, 0.1) is 5.82 Å². The Balaban J connectivity index is 1.68. The highest BCUT2D eigenvalue weighted by Gasteiger charge is 2.23. The Bertz CT molecular complexity index is 1020. The maximum Gasteiger partial charge on any atom is 0.312 e. The number of nitrogens with one attached hydrogen (secondary N) is 1. The van der Waals surface area contributed by atoms with Crippen LogP contribution in [-0.4, -0.2) is 44.8 Å². The molecule has 0 spiro atoms. The zero-order valence-electron chi connectivity index (χ0n) is 16.1. The first kappa shape index (κ1) is 20.5. The molecule has 3 rings (SSSR count). The number of carbonyl (C=O) groups is 2. The van der Waals surface area contributed by atoms with Gasteiger partial charge in [-0.3, -0.25) is 14.3 Å². The largest absolute Gasteiger partial charge is 0.395 e. The van der Waals surface area contributed by atoms with E-state index in [1.54, 1.807) is 47.3 Å². The maximum atomic E-state index is 14.6. The molecule has 29 heavy (non-hydrogen) atoms. The zero-order valence-corrected chi connectivity index (χ0v) is 16.1. The van der Waals surface area contributed by atoms with Crippen molar-refractivity contribution in [2.45, 2.75) is 26.6 Å². The number of rotatable bonds is 7. The van der Waals surface area contributed by atoms with Gasteiger partial charge in [0.1, 0.15) is 5.82 Å². The Labute approximate surface area is 167 Å². The van der Waals surface area contributed by atoms with Crippen molar-refractivity contribution in [2.75, 3.05) is 13.2 Å². The number of amides is 2. The molecule has 3 aromatic rings. The molecule has 0 radical (unpaired) electrons. The van der Waals surface area contributed by atoms with E-state index in [4.69, 9.17) is 0 Å². The molecule has 0 aliphatic carbocycles. The summed E-state index contributed by atoms with van der Waals surface area (Å²) < 4.78 is 16.4. The van der Waals surface area contributed by atoms with Gasteiger partial charge in [-0.05, 0) is 18.4 Å². The fourth-order valence-electron chi connectivity index (χ4n) is 3.16. The first-order valence-corrected chi connectivity index (χ1v) is 9.40. The van der Waals surface area contributed by atoms with E-state index < -0.39 is 17.6 Å². The molecule has 0 aliphatic rings. The summed E-state index contributed by atoms with van der Waals surface area (Å²) in [5.74, 6) is -2.06. The first-order chi connectivity index (χ1) is 14.0. The molecule has 0 unspecified atom stereocenters. The fourth-order valence-corrected chi connectivity index (χ4v) is 3.16. The Morgan fingerprint density at radius 2 is 2.00 bits per heavy atom. The highest BCUT2D eigenvalue weighted by Crippen LogP contribution is 2.20. The van der Waals surface area contributed by atoms with Gasteiger partial charge in [-0.25, -0.2) is 4.39 Å². The fraction of sp³-hybridized carbons (Fsp3) is 0.286. The predicted molar refractivity (Wildman–Crippen MR) is 106 cm³/mol. The number of nitrogens with zero attached hydrogens (tertiary/aromatic N) is 3. The predicted octanol–water partition coefficient (Wildman–Crippen LogP) is 1.83. The normalized spacial score (nSPS) is 10.9. The molecular weight excluding hydrogens is 375 g/mol. The number of aliphatic hydroxyl groups is 1. The van der Waals surface area contributed by atoms with E-state index in [0.29, 0.717) is 17.5 Å². The lowest BCUT2D eigenvalue weighted by Gasteiger charge is -2.21. The van der Waals surface area contributed by atoms with Gasteiger partial charge in [-0.2, -0.15) is 5.10 Å². The third-order valence-electron chi connectivity index (χ3n) is 4.69. The summed E-state index contributed by atoms with van der Waals surface area (Å²) in [6, 6.07) is 12.1. The highest BCUT2D eigenvalue weighted by molar-refractivity contribution is 6.34. The van der Waals surface area contributed by atoms with Crippen LogP contribution in [0.3, 0.4) is 0 Å². The van der Waals surface area contributed by atoms with E-state index in [1.165, 1.54) is 4.90 Å². The number of hydrogen-bond donors (Lipinski definition) is 2. The van der Waals surface area contributed by atoms with Crippen LogP contribution in [0.25, 0.3) is 10.8 Å². The van der Waals surface area contributed by atoms with Crippen LogP contribution in [0.2, 0.25) is 0 Å². The van der Waals surface area contributed by atoms with Gasteiger partial charge in [-0.15, -0.1) is 0 Å². The Morgan fingerprint density at radius 3 is 2.76 bits per heavy atom.